The zero-order chi connectivity index (χ0) is 28.4. The Labute approximate surface area is 231 Å². The van der Waals surface area contributed by atoms with Crippen LogP contribution in [0, 0.1) is 0 Å². The summed E-state index contributed by atoms with van der Waals surface area (Å²) in [6.07, 6.45) is 0.250. The molecule has 0 aliphatic heterocycles. The van der Waals surface area contributed by atoms with Crippen molar-refractivity contribution in [1.82, 2.24) is 0 Å². The normalized spacial score (nSPS) is 12.3. The number of hydrogen-bond acceptors (Lipinski definition) is 11. The minimum absolute atomic E-state index is 0.218. The molecule has 0 N–H and O–H groups in total. The van der Waals surface area contributed by atoms with Crippen molar-refractivity contribution in [3.8, 4) is 0 Å². The molecule has 38 heavy (non-hydrogen) atoms. The van der Waals surface area contributed by atoms with Crippen LogP contribution in [0.15, 0.2) is 0 Å². The topological polar surface area (TPSA) is 109 Å². The average Bonchev–Trinajstić information content (AvgIpc) is 2.87. The van der Waals surface area contributed by atoms with Crippen LogP contribution in [0.25, 0.3) is 0 Å². The summed E-state index contributed by atoms with van der Waals surface area (Å²) < 4.78 is 54.1. The summed E-state index contributed by atoms with van der Waals surface area (Å²) >= 11 is 0. The van der Waals surface area contributed by atoms with Gasteiger partial charge >= 0.3 is 5.97 Å². The van der Waals surface area contributed by atoms with Crippen LogP contribution >= 0.6 is 0 Å². The van der Waals surface area contributed by atoms with Gasteiger partial charge in [0.05, 0.1) is 126 Å². The van der Waals surface area contributed by atoms with E-state index in [1.54, 1.807) is 0 Å². The van der Waals surface area contributed by atoms with Gasteiger partial charge in [-0.3, -0.25) is 4.79 Å². The van der Waals surface area contributed by atoms with Gasteiger partial charge in [0.25, 0.3) is 0 Å². The van der Waals surface area contributed by atoms with E-state index in [1.807, 2.05) is 0 Å². The van der Waals surface area contributed by atoms with Gasteiger partial charge in [-0.15, -0.1) is 0 Å². The SMILES string of the molecule is COC(=O)CCOCCOCCOCCOCCOCCOCCOCCOCCO[Si](C)(C)C(C)(C)C. The van der Waals surface area contributed by atoms with Gasteiger partial charge in [0.15, 0.2) is 8.32 Å². The van der Waals surface area contributed by atoms with Gasteiger partial charge in [-0.1, -0.05) is 20.8 Å². The highest BCUT2D eigenvalue weighted by atomic mass is 28.4. The Balaban J connectivity index is 3.15. The second-order valence-corrected chi connectivity index (χ2v) is 14.6. The van der Waals surface area contributed by atoms with E-state index in [-0.39, 0.29) is 17.4 Å². The molecule has 0 aromatic rings. The van der Waals surface area contributed by atoms with Crippen LogP contribution in [0.3, 0.4) is 0 Å². The molecule has 0 saturated carbocycles. The molecular weight excluding hydrogens is 516 g/mol. The molecule has 11 nitrogen and oxygen atoms in total. The third kappa shape index (κ3) is 24.4. The third-order valence-electron chi connectivity index (χ3n) is 5.78. The van der Waals surface area contributed by atoms with Gasteiger partial charge in [-0.2, -0.15) is 0 Å². The maximum Gasteiger partial charge on any atom is 0.307 e. The minimum atomic E-state index is -1.69. The van der Waals surface area contributed by atoms with Crippen molar-refractivity contribution in [2.24, 2.45) is 0 Å². The van der Waals surface area contributed by atoms with Gasteiger partial charge < -0.3 is 47.1 Å². The van der Waals surface area contributed by atoms with E-state index in [9.17, 15) is 4.79 Å². The maximum atomic E-state index is 10.9. The highest BCUT2D eigenvalue weighted by Gasteiger charge is 2.36. The van der Waals surface area contributed by atoms with E-state index in [2.05, 4.69) is 38.6 Å². The summed E-state index contributed by atoms with van der Waals surface area (Å²) in [7, 11) is -0.338. The van der Waals surface area contributed by atoms with Gasteiger partial charge in [0.1, 0.15) is 0 Å². The van der Waals surface area contributed by atoms with E-state index in [4.69, 9.17) is 42.3 Å². The molecule has 0 aromatic carbocycles. The Bertz CT molecular complexity index is 530. The van der Waals surface area contributed by atoms with E-state index in [0.29, 0.717) is 112 Å². The summed E-state index contributed by atoms with van der Waals surface area (Å²) in [6.45, 7) is 19.8. The number of rotatable bonds is 28. The Morgan fingerprint density at radius 2 is 0.763 bits per heavy atom. The molecule has 0 bridgehead atoms. The molecule has 0 rings (SSSR count). The highest BCUT2D eigenvalue weighted by Crippen LogP contribution is 2.36. The average molecular weight is 571 g/mol. The first-order chi connectivity index (χ1) is 18.2. The van der Waals surface area contributed by atoms with Crippen LogP contribution in [-0.2, 0) is 51.9 Å². The number of hydrogen-bond donors (Lipinski definition) is 0. The predicted octanol–water partition coefficient (Wildman–Crippen LogP) is 2.70. The highest BCUT2D eigenvalue weighted by molar-refractivity contribution is 6.74. The van der Waals surface area contributed by atoms with Crippen LogP contribution < -0.4 is 0 Å². The lowest BCUT2D eigenvalue weighted by molar-refractivity contribution is -0.141. The van der Waals surface area contributed by atoms with Crippen molar-refractivity contribution in [2.75, 3.05) is 119 Å². The Hall–Kier alpha value is -0.673. The first-order valence-corrected chi connectivity index (χ1v) is 16.4. The number of carbonyl (C=O) groups excluding carboxylic acids is 1. The zero-order valence-corrected chi connectivity index (χ0v) is 25.7. The van der Waals surface area contributed by atoms with Gasteiger partial charge in [-0.05, 0) is 18.1 Å². The Morgan fingerprint density at radius 3 is 1.03 bits per heavy atom. The molecule has 0 fully saturated rings. The molecule has 12 heteroatoms. The minimum Gasteiger partial charge on any atom is -0.469 e. The lowest BCUT2D eigenvalue weighted by Crippen LogP contribution is -2.41. The van der Waals surface area contributed by atoms with Crippen LogP contribution in [0.1, 0.15) is 27.2 Å². The molecule has 0 aliphatic carbocycles. The van der Waals surface area contributed by atoms with E-state index in [0.717, 1.165) is 0 Å². The predicted molar refractivity (Wildman–Crippen MR) is 146 cm³/mol. The largest absolute Gasteiger partial charge is 0.469 e. The van der Waals surface area contributed by atoms with Gasteiger partial charge in [0.2, 0.25) is 0 Å². The van der Waals surface area contributed by atoms with E-state index in [1.165, 1.54) is 7.11 Å². The molecule has 0 aliphatic rings. The van der Waals surface area contributed by atoms with E-state index < -0.39 is 8.32 Å². The lowest BCUT2D eigenvalue weighted by atomic mass is 10.2. The number of carbonyl (C=O) groups is 1. The van der Waals surface area contributed by atoms with Crippen molar-refractivity contribution < 1.29 is 51.9 Å². The second kappa shape index (κ2) is 25.3. The molecule has 0 aromatic heterocycles. The smallest absolute Gasteiger partial charge is 0.307 e. The second-order valence-electron chi connectivity index (χ2n) is 9.83. The maximum absolute atomic E-state index is 10.9. The standard InChI is InChI=1S/C26H54O11Si/c1-26(2,3)38(5,6)37-24-23-36-22-21-35-20-19-34-18-17-33-16-15-32-14-13-31-12-11-30-10-9-29-8-7-25(27)28-4/h7-24H2,1-6H3. The summed E-state index contributed by atoms with van der Waals surface area (Å²) in [5.41, 5.74) is 0. The quantitative estimate of drug-likeness (QED) is 0.0787. The molecule has 228 valence electrons. The van der Waals surface area contributed by atoms with E-state index >= 15 is 0 Å². The molecular formula is C26H54O11Si. The number of methoxy groups -OCH3 is 1. The fourth-order valence-electron chi connectivity index (χ4n) is 2.47. The summed E-state index contributed by atoms with van der Waals surface area (Å²) in [4.78, 5) is 10.9. The van der Waals surface area contributed by atoms with Crippen LogP contribution in [0.2, 0.25) is 18.1 Å². The van der Waals surface area contributed by atoms with Crippen LogP contribution in [0.4, 0.5) is 0 Å². The fraction of sp³-hybridized carbons (Fsp3) is 0.962. The van der Waals surface area contributed by atoms with Crippen molar-refractivity contribution >= 4 is 14.3 Å². The number of ether oxygens (including phenoxy) is 9. The van der Waals surface area contributed by atoms with Crippen molar-refractivity contribution in [1.29, 1.82) is 0 Å². The fourth-order valence-corrected chi connectivity index (χ4v) is 3.50. The molecule has 0 heterocycles. The first-order valence-electron chi connectivity index (χ1n) is 13.5. The van der Waals surface area contributed by atoms with Crippen molar-refractivity contribution in [3.05, 3.63) is 0 Å². The van der Waals surface area contributed by atoms with Crippen molar-refractivity contribution in [2.45, 2.75) is 45.3 Å². The number of esters is 1. The van der Waals surface area contributed by atoms with Crippen LogP contribution in [-0.4, -0.2) is 134 Å². The molecule has 0 spiro atoms. The van der Waals surface area contributed by atoms with Gasteiger partial charge in [0, 0.05) is 0 Å². The Morgan fingerprint density at radius 1 is 0.500 bits per heavy atom. The molecule has 0 unspecified atom stereocenters. The molecule has 0 radical (unpaired) electrons. The molecule has 0 amide bonds. The molecule has 0 saturated heterocycles. The monoisotopic (exact) mass is 570 g/mol. The Kier molecular flexibility index (Phi) is 24.9. The van der Waals surface area contributed by atoms with Crippen molar-refractivity contribution in [3.63, 3.8) is 0 Å². The molecule has 0 atom stereocenters. The first kappa shape index (κ1) is 37.3. The van der Waals surface area contributed by atoms with Crippen LogP contribution in [0.5, 0.6) is 0 Å². The summed E-state index contributed by atoms with van der Waals surface area (Å²) in [5, 5.41) is 0.218. The zero-order valence-electron chi connectivity index (χ0n) is 24.7. The van der Waals surface area contributed by atoms with Gasteiger partial charge in [-0.25, -0.2) is 0 Å². The summed E-state index contributed by atoms with van der Waals surface area (Å²) in [6, 6.07) is 0. The lowest BCUT2D eigenvalue weighted by Gasteiger charge is -2.36. The summed E-state index contributed by atoms with van der Waals surface area (Å²) in [5.74, 6) is -0.281. The third-order valence-corrected chi connectivity index (χ3v) is 10.3.